The van der Waals surface area contributed by atoms with Crippen LogP contribution in [0.3, 0.4) is 0 Å². The molecule has 2 aromatic carbocycles. The van der Waals surface area contributed by atoms with Crippen LogP contribution in [0.25, 0.3) is 0 Å². The van der Waals surface area contributed by atoms with E-state index < -0.39 is 5.41 Å². The minimum atomic E-state index is -0.655. The first kappa shape index (κ1) is 26.5. The number of amides is 1. The molecule has 1 aromatic heterocycles. The third-order valence-corrected chi connectivity index (χ3v) is 7.47. The van der Waals surface area contributed by atoms with Crippen molar-refractivity contribution < 1.29 is 14.3 Å². The van der Waals surface area contributed by atoms with Gasteiger partial charge in [-0.25, -0.2) is 0 Å². The number of rotatable bonds is 8. The Bertz CT molecular complexity index is 1310. The highest BCUT2D eigenvalue weighted by Crippen LogP contribution is 2.35. The predicted molar refractivity (Wildman–Crippen MR) is 143 cm³/mol. The van der Waals surface area contributed by atoms with Gasteiger partial charge in [0.25, 0.3) is 5.91 Å². The van der Waals surface area contributed by atoms with Gasteiger partial charge < -0.3 is 14.8 Å². The molecule has 0 saturated carbocycles. The van der Waals surface area contributed by atoms with Crippen LogP contribution in [0.5, 0.6) is 11.5 Å². The van der Waals surface area contributed by atoms with Gasteiger partial charge in [-0.05, 0) is 72.9 Å². The smallest absolute Gasteiger partial charge is 0.251 e. The average Bonchev–Trinajstić information content (AvgIpc) is 2.94. The van der Waals surface area contributed by atoms with Gasteiger partial charge in [-0.2, -0.15) is 5.26 Å². The molecule has 0 atom stereocenters. The van der Waals surface area contributed by atoms with Crippen LogP contribution in [0.2, 0.25) is 5.02 Å². The van der Waals surface area contributed by atoms with Gasteiger partial charge in [0.15, 0.2) is 11.5 Å². The Morgan fingerprint density at radius 3 is 2.57 bits per heavy atom. The Balaban J connectivity index is 1.40. The number of nitrogens with one attached hydrogen (secondary N) is 1. The lowest BCUT2D eigenvalue weighted by molar-refractivity contribution is 0.0950. The van der Waals surface area contributed by atoms with Crippen LogP contribution in [-0.2, 0) is 18.5 Å². The minimum Gasteiger partial charge on any atom is -0.493 e. The van der Waals surface area contributed by atoms with Crippen LogP contribution in [0.1, 0.15) is 45.6 Å². The number of hydrogen-bond acceptors (Lipinski definition) is 6. The van der Waals surface area contributed by atoms with Gasteiger partial charge in [-0.1, -0.05) is 23.7 Å². The fraction of sp³-hybridized carbons (Fsp3) is 0.345. The largest absolute Gasteiger partial charge is 0.493 e. The molecule has 8 heteroatoms. The summed E-state index contributed by atoms with van der Waals surface area (Å²) in [6.45, 7) is 4.49. The summed E-state index contributed by atoms with van der Waals surface area (Å²) in [6, 6.07) is 17.6. The van der Waals surface area contributed by atoms with Crippen LogP contribution >= 0.6 is 11.6 Å². The van der Waals surface area contributed by atoms with Gasteiger partial charge in [0.1, 0.15) is 5.41 Å². The number of aromatic nitrogens is 1. The van der Waals surface area contributed by atoms with E-state index in [1.807, 2.05) is 37.3 Å². The maximum atomic E-state index is 12.7. The summed E-state index contributed by atoms with van der Waals surface area (Å²) in [5, 5.41) is 13.7. The topological polar surface area (TPSA) is 87.5 Å². The molecular weight excluding hydrogens is 488 g/mol. The van der Waals surface area contributed by atoms with Crippen LogP contribution in [-0.4, -0.2) is 43.1 Å². The van der Waals surface area contributed by atoms with Crippen molar-refractivity contribution in [2.45, 2.75) is 38.3 Å². The highest BCUT2D eigenvalue weighted by atomic mass is 35.5. The van der Waals surface area contributed by atoms with E-state index in [2.05, 4.69) is 21.3 Å². The second kappa shape index (κ2) is 11.6. The normalized spacial score (nSPS) is 15.0. The zero-order valence-corrected chi connectivity index (χ0v) is 22.1. The number of carbonyl (C=O) groups excluding carboxylic acids is 1. The standard InChI is InChI=1S/C29H31ClN4O3/c1-20-23(5-4-6-24(20)30)28(35)33-17-21-9-12-32-27(16-21)29(19-31)10-13-34(14-11-29)18-22-7-8-25(36-2)26(15-22)37-3/h4-9,12,15-16H,10-11,13-14,17-18H2,1-3H3,(H,33,35). The van der Waals surface area contributed by atoms with E-state index in [1.165, 1.54) is 0 Å². The average molecular weight is 519 g/mol. The third kappa shape index (κ3) is 5.87. The van der Waals surface area contributed by atoms with Crippen LogP contribution in [0, 0.1) is 18.3 Å². The number of nitrogens with zero attached hydrogens (tertiary/aromatic N) is 3. The summed E-state index contributed by atoms with van der Waals surface area (Å²) < 4.78 is 10.8. The lowest BCUT2D eigenvalue weighted by Gasteiger charge is -2.37. The van der Waals surface area contributed by atoms with Crippen molar-refractivity contribution in [1.82, 2.24) is 15.2 Å². The van der Waals surface area contributed by atoms with E-state index in [1.54, 1.807) is 38.6 Å². The van der Waals surface area contributed by atoms with Crippen molar-refractivity contribution in [1.29, 1.82) is 5.26 Å². The summed E-state index contributed by atoms with van der Waals surface area (Å²) in [4.78, 5) is 19.6. The Morgan fingerprint density at radius 2 is 1.86 bits per heavy atom. The summed E-state index contributed by atoms with van der Waals surface area (Å²) in [5.41, 5.74) is 3.44. The molecule has 0 bridgehead atoms. The van der Waals surface area contributed by atoms with E-state index in [9.17, 15) is 10.1 Å². The van der Waals surface area contributed by atoms with Gasteiger partial charge in [-0.15, -0.1) is 0 Å². The Hall–Kier alpha value is -3.60. The van der Waals surface area contributed by atoms with E-state index in [4.69, 9.17) is 21.1 Å². The van der Waals surface area contributed by atoms with Gasteiger partial charge in [0.05, 0.1) is 26.0 Å². The highest BCUT2D eigenvalue weighted by molar-refractivity contribution is 6.31. The van der Waals surface area contributed by atoms with E-state index in [-0.39, 0.29) is 5.91 Å². The van der Waals surface area contributed by atoms with Crippen LogP contribution < -0.4 is 14.8 Å². The molecule has 1 saturated heterocycles. The van der Waals surface area contributed by atoms with Crippen molar-refractivity contribution in [3.8, 4) is 17.6 Å². The summed E-state index contributed by atoms with van der Waals surface area (Å²) in [6.07, 6.45) is 3.08. The fourth-order valence-corrected chi connectivity index (χ4v) is 4.91. The molecule has 2 heterocycles. The quantitative estimate of drug-likeness (QED) is 0.449. The number of methoxy groups -OCH3 is 2. The monoisotopic (exact) mass is 518 g/mol. The number of likely N-dealkylation sites (tertiary alicyclic amines) is 1. The van der Waals surface area contributed by atoms with Crippen molar-refractivity contribution in [2.24, 2.45) is 0 Å². The molecule has 0 spiro atoms. The molecular formula is C29H31ClN4O3. The van der Waals surface area contributed by atoms with Gasteiger partial charge >= 0.3 is 0 Å². The van der Waals surface area contributed by atoms with Gasteiger partial charge in [-0.3, -0.25) is 14.7 Å². The Labute approximate surface area is 223 Å². The van der Waals surface area contributed by atoms with E-state index in [0.29, 0.717) is 41.5 Å². The van der Waals surface area contributed by atoms with E-state index in [0.717, 1.165) is 42.0 Å². The lowest BCUT2D eigenvalue weighted by Crippen LogP contribution is -2.42. The predicted octanol–water partition coefficient (Wildman–Crippen LogP) is 5.05. The number of halogens is 1. The molecule has 1 N–H and O–H groups in total. The zero-order chi connectivity index (χ0) is 26.4. The highest BCUT2D eigenvalue weighted by Gasteiger charge is 2.38. The molecule has 1 aliphatic heterocycles. The molecule has 0 radical (unpaired) electrons. The Kier molecular flexibility index (Phi) is 8.32. The number of pyridine rings is 1. The molecule has 1 amide bonds. The number of piperidine rings is 1. The van der Waals surface area contributed by atoms with Crippen molar-refractivity contribution in [3.63, 3.8) is 0 Å². The minimum absolute atomic E-state index is 0.183. The molecule has 1 fully saturated rings. The second-order valence-corrected chi connectivity index (χ2v) is 9.71. The molecule has 37 heavy (non-hydrogen) atoms. The Morgan fingerprint density at radius 1 is 1.11 bits per heavy atom. The first-order chi connectivity index (χ1) is 17.9. The number of nitriles is 1. The molecule has 7 nitrogen and oxygen atoms in total. The molecule has 0 unspecified atom stereocenters. The second-order valence-electron chi connectivity index (χ2n) is 9.30. The number of benzene rings is 2. The number of hydrogen-bond donors (Lipinski definition) is 1. The molecule has 3 aromatic rings. The van der Waals surface area contributed by atoms with Crippen molar-refractivity contribution in [2.75, 3.05) is 27.3 Å². The van der Waals surface area contributed by atoms with E-state index >= 15 is 0 Å². The zero-order valence-electron chi connectivity index (χ0n) is 21.4. The maximum Gasteiger partial charge on any atom is 0.251 e. The molecule has 4 rings (SSSR count). The van der Waals surface area contributed by atoms with Crippen molar-refractivity contribution >= 4 is 17.5 Å². The van der Waals surface area contributed by atoms with Crippen LogP contribution in [0.15, 0.2) is 54.7 Å². The first-order valence-corrected chi connectivity index (χ1v) is 12.6. The summed E-state index contributed by atoms with van der Waals surface area (Å²) >= 11 is 6.16. The molecule has 0 aliphatic carbocycles. The van der Waals surface area contributed by atoms with Gasteiger partial charge in [0.2, 0.25) is 0 Å². The van der Waals surface area contributed by atoms with Crippen molar-refractivity contribution in [3.05, 3.63) is 87.7 Å². The molecule has 192 valence electrons. The maximum absolute atomic E-state index is 12.7. The van der Waals surface area contributed by atoms with Gasteiger partial charge in [0, 0.05) is 43.0 Å². The third-order valence-electron chi connectivity index (χ3n) is 7.06. The first-order valence-electron chi connectivity index (χ1n) is 12.2. The fourth-order valence-electron chi connectivity index (χ4n) is 4.73. The lowest BCUT2D eigenvalue weighted by atomic mass is 9.76. The SMILES string of the molecule is COc1ccc(CN2CCC(C#N)(c3cc(CNC(=O)c4cccc(Cl)c4C)ccn3)CC2)cc1OC. The van der Waals surface area contributed by atoms with Crippen LogP contribution in [0.4, 0.5) is 0 Å². The summed E-state index contributed by atoms with van der Waals surface area (Å²) in [7, 11) is 3.26. The number of ether oxygens (including phenoxy) is 2. The number of carbonyl (C=O) groups is 1. The summed E-state index contributed by atoms with van der Waals surface area (Å²) in [5.74, 6) is 1.23. The molecule has 1 aliphatic rings.